The van der Waals surface area contributed by atoms with Gasteiger partial charge in [-0.2, -0.15) is 0 Å². The molecule has 32 heavy (non-hydrogen) atoms. The number of methoxy groups -OCH3 is 1. The van der Waals surface area contributed by atoms with Crippen LogP contribution in [0.3, 0.4) is 0 Å². The number of hydrogen-bond acceptors (Lipinski definition) is 4. The Bertz CT molecular complexity index is 897. The largest absolute Gasteiger partial charge is 0.497 e. The van der Waals surface area contributed by atoms with Crippen LogP contribution >= 0.6 is 22.6 Å². The number of benzene rings is 2. The van der Waals surface area contributed by atoms with Gasteiger partial charge in [-0.15, -0.1) is 0 Å². The standard InChI is InChI=1S/C25H31IN2O4/c1-3-23(25(30)27-20-8-4-5-9-20)28(16-18-7-6-10-22(15-18)31-2)24(29)17-32-21-13-11-19(26)12-14-21/h6-7,10-15,20,23H,3-5,8-9,16-17H2,1-2H3,(H,27,30)/t23-/m1/s1. The van der Waals surface area contributed by atoms with E-state index in [4.69, 9.17) is 9.47 Å². The Morgan fingerprint density at radius 2 is 1.84 bits per heavy atom. The van der Waals surface area contributed by atoms with Gasteiger partial charge in [0, 0.05) is 16.2 Å². The number of nitrogens with zero attached hydrogens (tertiary/aromatic N) is 1. The fourth-order valence-corrected chi connectivity index (χ4v) is 4.37. The van der Waals surface area contributed by atoms with Crippen LogP contribution in [-0.2, 0) is 16.1 Å². The van der Waals surface area contributed by atoms with E-state index in [-0.39, 0.29) is 24.5 Å². The van der Waals surface area contributed by atoms with Crippen LogP contribution in [0, 0.1) is 3.57 Å². The van der Waals surface area contributed by atoms with Crippen LogP contribution in [0.25, 0.3) is 0 Å². The first kappa shape index (κ1) is 24.4. The van der Waals surface area contributed by atoms with Crippen molar-refractivity contribution in [1.82, 2.24) is 10.2 Å². The summed E-state index contributed by atoms with van der Waals surface area (Å²) in [6.45, 7) is 2.12. The zero-order valence-electron chi connectivity index (χ0n) is 18.7. The van der Waals surface area contributed by atoms with Crippen LogP contribution in [0.2, 0.25) is 0 Å². The Balaban J connectivity index is 1.76. The van der Waals surface area contributed by atoms with Crippen LogP contribution in [0.4, 0.5) is 0 Å². The maximum atomic E-state index is 13.3. The lowest BCUT2D eigenvalue weighted by Crippen LogP contribution is -2.52. The van der Waals surface area contributed by atoms with Gasteiger partial charge < -0.3 is 19.7 Å². The van der Waals surface area contributed by atoms with Gasteiger partial charge in [0.15, 0.2) is 6.61 Å². The topological polar surface area (TPSA) is 67.9 Å². The Morgan fingerprint density at radius 1 is 1.12 bits per heavy atom. The molecular formula is C25H31IN2O4. The second kappa shape index (κ2) is 12.1. The Morgan fingerprint density at radius 3 is 2.50 bits per heavy atom. The van der Waals surface area contributed by atoms with E-state index >= 15 is 0 Å². The third-order valence-corrected chi connectivity index (χ3v) is 6.47. The van der Waals surface area contributed by atoms with Crippen molar-refractivity contribution in [3.63, 3.8) is 0 Å². The van der Waals surface area contributed by atoms with E-state index in [1.165, 1.54) is 0 Å². The Kier molecular flexibility index (Phi) is 9.20. The molecule has 6 nitrogen and oxygen atoms in total. The van der Waals surface area contributed by atoms with Crippen molar-refractivity contribution in [1.29, 1.82) is 0 Å². The summed E-state index contributed by atoms with van der Waals surface area (Å²) in [6.07, 6.45) is 4.80. The quantitative estimate of drug-likeness (QED) is 0.441. The molecule has 7 heteroatoms. The lowest BCUT2D eigenvalue weighted by Gasteiger charge is -2.31. The Hall–Kier alpha value is -2.29. The molecule has 1 fully saturated rings. The molecule has 1 aliphatic rings. The third-order valence-electron chi connectivity index (χ3n) is 5.75. The predicted molar refractivity (Wildman–Crippen MR) is 133 cm³/mol. The van der Waals surface area contributed by atoms with Crippen LogP contribution in [-0.4, -0.2) is 42.5 Å². The number of amides is 2. The summed E-state index contributed by atoms with van der Waals surface area (Å²) in [5.41, 5.74) is 0.902. The minimum absolute atomic E-state index is 0.0927. The smallest absolute Gasteiger partial charge is 0.261 e. The average Bonchev–Trinajstić information content (AvgIpc) is 3.31. The highest BCUT2D eigenvalue weighted by molar-refractivity contribution is 14.1. The van der Waals surface area contributed by atoms with Crippen molar-refractivity contribution in [3.8, 4) is 11.5 Å². The molecule has 0 unspecified atom stereocenters. The zero-order chi connectivity index (χ0) is 22.9. The van der Waals surface area contributed by atoms with E-state index in [1.54, 1.807) is 12.0 Å². The van der Waals surface area contributed by atoms with Gasteiger partial charge in [0.1, 0.15) is 17.5 Å². The lowest BCUT2D eigenvalue weighted by molar-refractivity contribution is -0.143. The highest BCUT2D eigenvalue weighted by Crippen LogP contribution is 2.21. The molecule has 2 aromatic carbocycles. The molecule has 1 atom stereocenters. The highest BCUT2D eigenvalue weighted by Gasteiger charge is 2.30. The van der Waals surface area contributed by atoms with Crippen molar-refractivity contribution in [2.45, 2.75) is 57.7 Å². The monoisotopic (exact) mass is 550 g/mol. The molecular weight excluding hydrogens is 519 g/mol. The van der Waals surface area contributed by atoms with Gasteiger partial charge in [0.05, 0.1) is 7.11 Å². The molecule has 172 valence electrons. The molecule has 0 spiro atoms. The van der Waals surface area contributed by atoms with Gasteiger partial charge in [0.25, 0.3) is 5.91 Å². The molecule has 3 rings (SSSR count). The molecule has 0 aliphatic heterocycles. The number of halogens is 1. The molecule has 0 radical (unpaired) electrons. The number of ether oxygens (including phenoxy) is 2. The highest BCUT2D eigenvalue weighted by atomic mass is 127. The second-order valence-corrected chi connectivity index (χ2v) is 9.28. The zero-order valence-corrected chi connectivity index (χ0v) is 20.8. The molecule has 0 saturated heterocycles. The summed E-state index contributed by atoms with van der Waals surface area (Å²) < 4.78 is 12.2. The van der Waals surface area contributed by atoms with E-state index in [0.717, 1.165) is 34.8 Å². The molecule has 1 N–H and O–H groups in total. The predicted octanol–water partition coefficient (Wildman–Crippen LogP) is 4.54. The third kappa shape index (κ3) is 6.85. The summed E-state index contributed by atoms with van der Waals surface area (Å²) in [4.78, 5) is 28.0. The van der Waals surface area contributed by atoms with E-state index in [0.29, 0.717) is 24.5 Å². The van der Waals surface area contributed by atoms with Crippen molar-refractivity contribution in [2.24, 2.45) is 0 Å². The van der Waals surface area contributed by atoms with Crippen molar-refractivity contribution in [3.05, 3.63) is 57.7 Å². The minimum Gasteiger partial charge on any atom is -0.497 e. The van der Waals surface area contributed by atoms with Crippen LogP contribution in [0.15, 0.2) is 48.5 Å². The summed E-state index contributed by atoms with van der Waals surface area (Å²) in [5, 5.41) is 3.15. The molecule has 1 aliphatic carbocycles. The van der Waals surface area contributed by atoms with E-state index in [1.807, 2.05) is 55.5 Å². The number of hydrogen-bond donors (Lipinski definition) is 1. The van der Waals surface area contributed by atoms with Crippen molar-refractivity contribution in [2.75, 3.05) is 13.7 Å². The number of carbonyl (C=O) groups excluding carboxylic acids is 2. The van der Waals surface area contributed by atoms with Crippen molar-refractivity contribution < 1.29 is 19.1 Å². The first-order valence-electron chi connectivity index (χ1n) is 11.1. The normalized spacial score (nSPS) is 14.6. The lowest BCUT2D eigenvalue weighted by atomic mass is 10.1. The van der Waals surface area contributed by atoms with Crippen LogP contribution in [0.1, 0.15) is 44.6 Å². The molecule has 0 aromatic heterocycles. The van der Waals surface area contributed by atoms with Crippen LogP contribution in [0.5, 0.6) is 11.5 Å². The summed E-state index contributed by atoms with van der Waals surface area (Å²) in [7, 11) is 1.61. The van der Waals surface area contributed by atoms with Crippen LogP contribution < -0.4 is 14.8 Å². The first-order chi connectivity index (χ1) is 15.5. The molecule has 2 aromatic rings. The van der Waals surface area contributed by atoms with E-state index in [2.05, 4.69) is 27.9 Å². The van der Waals surface area contributed by atoms with Crippen molar-refractivity contribution >= 4 is 34.4 Å². The average molecular weight is 550 g/mol. The second-order valence-electron chi connectivity index (χ2n) is 8.03. The summed E-state index contributed by atoms with van der Waals surface area (Å²) in [6, 6.07) is 14.8. The minimum atomic E-state index is -0.561. The van der Waals surface area contributed by atoms with E-state index in [9.17, 15) is 9.59 Å². The maximum absolute atomic E-state index is 13.3. The van der Waals surface area contributed by atoms with Gasteiger partial charge in [0.2, 0.25) is 5.91 Å². The molecule has 2 amide bonds. The molecule has 0 heterocycles. The van der Waals surface area contributed by atoms with Gasteiger partial charge in [-0.1, -0.05) is 31.9 Å². The Labute approximate surface area is 203 Å². The SMILES string of the molecule is CC[C@H](C(=O)NC1CCCC1)N(Cc1cccc(OC)c1)C(=O)COc1ccc(I)cc1. The summed E-state index contributed by atoms with van der Waals surface area (Å²) in [5.74, 6) is 1.03. The molecule has 0 bridgehead atoms. The van der Waals surface area contributed by atoms with Gasteiger partial charge >= 0.3 is 0 Å². The fraction of sp³-hybridized carbons (Fsp3) is 0.440. The number of rotatable bonds is 10. The number of nitrogens with one attached hydrogen (secondary N) is 1. The molecule has 1 saturated carbocycles. The van der Waals surface area contributed by atoms with Gasteiger partial charge in [-0.05, 0) is 83.8 Å². The first-order valence-corrected chi connectivity index (χ1v) is 12.2. The fourth-order valence-electron chi connectivity index (χ4n) is 4.01. The van der Waals surface area contributed by atoms with Gasteiger partial charge in [-0.3, -0.25) is 9.59 Å². The van der Waals surface area contributed by atoms with E-state index < -0.39 is 6.04 Å². The van der Waals surface area contributed by atoms with Gasteiger partial charge in [-0.25, -0.2) is 0 Å². The summed E-state index contributed by atoms with van der Waals surface area (Å²) >= 11 is 2.22. The maximum Gasteiger partial charge on any atom is 0.261 e. The number of carbonyl (C=O) groups is 2.